The Bertz CT molecular complexity index is 212. The molecule has 2 N–H and O–H groups in total. The second-order valence-electron chi connectivity index (χ2n) is 2.87. The Morgan fingerprint density at radius 1 is 1.69 bits per heavy atom. The van der Waals surface area contributed by atoms with Crippen molar-refractivity contribution in [3.8, 4) is 0 Å². The summed E-state index contributed by atoms with van der Waals surface area (Å²) in [5.74, 6) is 0.856. The number of hydrogen-bond donors (Lipinski definition) is 2. The fraction of sp³-hybridized carbons (Fsp3) is 0.750. The van der Waals surface area contributed by atoms with Gasteiger partial charge in [-0.1, -0.05) is 6.92 Å². The van der Waals surface area contributed by atoms with Gasteiger partial charge in [0.15, 0.2) is 0 Å². The maximum absolute atomic E-state index is 5.06. The summed E-state index contributed by atoms with van der Waals surface area (Å²) in [6.45, 7) is 3.56. The van der Waals surface area contributed by atoms with Gasteiger partial charge in [-0.3, -0.25) is 5.10 Å². The van der Waals surface area contributed by atoms with Crippen molar-refractivity contribution in [2.24, 2.45) is 0 Å². The SMILES string of the molecule is CCC(COC)NCc1ncn[nH]1. The van der Waals surface area contributed by atoms with E-state index in [0.717, 1.165) is 18.9 Å². The molecule has 0 aromatic carbocycles. The number of aromatic amines is 1. The van der Waals surface area contributed by atoms with Gasteiger partial charge in [0.05, 0.1) is 13.2 Å². The molecule has 0 aliphatic rings. The molecular formula is C8H16N4O. The van der Waals surface area contributed by atoms with E-state index in [1.807, 2.05) is 0 Å². The summed E-state index contributed by atoms with van der Waals surface area (Å²) in [5.41, 5.74) is 0. The summed E-state index contributed by atoms with van der Waals surface area (Å²) in [5, 5.41) is 9.87. The quantitative estimate of drug-likeness (QED) is 0.668. The van der Waals surface area contributed by atoms with Crippen LogP contribution in [0.5, 0.6) is 0 Å². The zero-order valence-corrected chi connectivity index (χ0v) is 8.08. The van der Waals surface area contributed by atoms with Crippen LogP contribution in [0, 0.1) is 0 Å². The van der Waals surface area contributed by atoms with Gasteiger partial charge in [0.2, 0.25) is 0 Å². The normalized spacial score (nSPS) is 13.1. The standard InChI is InChI=1S/C8H16N4O/c1-3-7(5-13-2)9-4-8-10-6-11-12-8/h6-7,9H,3-5H2,1-2H3,(H,10,11,12). The molecule has 0 fully saturated rings. The summed E-state index contributed by atoms with van der Waals surface area (Å²) in [7, 11) is 1.71. The number of rotatable bonds is 6. The summed E-state index contributed by atoms with van der Waals surface area (Å²) in [4.78, 5) is 4.01. The summed E-state index contributed by atoms with van der Waals surface area (Å²) < 4.78 is 5.06. The Morgan fingerprint density at radius 3 is 3.08 bits per heavy atom. The van der Waals surface area contributed by atoms with E-state index in [0.29, 0.717) is 12.6 Å². The molecule has 1 heterocycles. The van der Waals surface area contributed by atoms with E-state index in [9.17, 15) is 0 Å². The van der Waals surface area contributed by atoms with Crippen LogP contribution in [0.25, 0.3) is 0 Å². The van der Waals surface area contributed by atoms with Gasteiger partial charge in [0.25, 0.3) is 0 Å². The number of H-pyrrole nitrogens is 1. The first-order valence-electron chi connectivity index (χ1n) is 4.43. The Labute approximate surface area is 77.9 Å². The van der Waals surface area contributed by atoms with Crippen LogP contribution in [0.1, 0.15) is 19.2 Å². The smallest absolute Gasteiger partial charge is 0.138 e. The molecule has 1 unspecified atom stereocenters. The molecule has 0 radical (unpaired) electrons. The lowest BCUT2D eigenvalue weighted by molar-refractivity contribution is 0.163. The second-order valence-corrected chi connectivity index (χ2v) is 2.87. The third kappa shape index (κ3) is 3.52. The molecule has 1 rings (SSSR count). The molecular weight excluding hydrogens is 168 g/mol. The van der Waals surface area contributed by atoms with Gasteiger partial charge in [-0.25, -0.2) is 4.98 Å². The van der Waals surface area contributed by atoms with Gasteiger partial charge in [-0.15, -0.1) is 0 Å². The van der Waals surface area contributed by atoms with E-state index in [4.69, 9.17) is 4.74 Å². The Kier molecular flexibility index (Phi) is 4.42. The topological polar surface area (TPSA) is 62.8 Å². The minimum atomic E-state index is 0.384. The lowest BCUT2D eigenvalue weighted by Crippen LogP contribution is -2.32. The first-order valence-corrected chi connectivity index (χ1v) is 4.43. The molecule has 0 aliphatic heterocycles. The molecule has 1 aromatic heterocycles. The molecule has 0 spiro atoms. The Hall–Kier alpha value is -0.940. The summed E-state index contributed by atoms with van der Waals surface area (Å²) in [6.07, 6.45) is 2.55. The monoisotopic (exact) mass is 184 g/mol. The summed E-state index contributed by atoms with van der Waals surface area (Å²) >= 11 is 0. The highest BCUT2D eigenvalue weighted by Gasteiger charge is 2.05. The zero-order valence-electron chi connectivity index (χ0n) is 8.08. The molecule has 5 nitrogen and oxygen atoms in total. The van der Waals surface area contributed by atoms with Crippen LogP contribution in [0.4, 0.5) is 0 Å². The largest absolute Gasteiger partial charge is 0.383 e. The van der Waals surface area contributed by atoms with Crippen LogP contribution in [0.15, 0.2) is 6.33 Å². The maximum Gasteiger partial charge on any atom is 0.138 e. The van der Waals surface area contributed by atoms with Crippen molar-refractivity contribution in [2.45, 2.75) is 25.9 Å². The molecule has 0 aliphatic carbocycles. The molecule has 5 heteroatoms. The first kappa shape index (κ1) is 10.1. The van der Waals surface area contributed by atoms with E-state index in [-0.39, 0.29) is 0 Å². The molecule has 1 atom stereocenters. The number of nitrogens with one attached hydrogen (secondary N) is 2. The fourth-order valence-corrected chi connectivity index (χ4v) is 1.08. The van der Waals surface area contributed by atoms with Crippen LogP contribution in [0.2, 0.25) is 0 Å². The Morgan fingerprint density at radius 2 is 2.54 bits per heavy atom. The van der Waals surface area contributed by atoms with Crippen LogP contribution in [-0.4, -0.2) is 34.9 Å². The van der Waals surface area contributed by atoms with Gasteiger partial charge in [-0.2, -0.15) is 5.10 Å². The van der Waals surface area contributed by atoms with Crippen LogP contribution in [-0.2, 0) is 11.3 Å². The van der Waals surface area contributed by atoms with Gasteiger partial charge in [-0.05, 0) is 6.42 Å². The molecule has 0 saturated carbocycles. The van der Waals surface area contributed by atoms with Crippen LogP contribution >= 0.6 is 0 Å². The molecule has 1 aromatic rings. The number of ether oxygens (including phenoxy) is 1. The highest BCUT2D eigenvalue weighted by Crippen LogP contribution is 1.93. The lowest BCUT2D eigenvalue weighted by atomic mass is 10.2. The number of aromatic nitrogens is 3. The van der Waals surface area contributed by atoms with Gasteiger partial charge in [0.1, 0.15) is 12.2 Å². The Balaban J connectivity index is 2.23. The zero-order chi connectivity index (χ0) is 9.52. The highest BCUT2D eigenvalue weighted by atomic mass is 16.5. The van der Waals surface area contributed by atoms with Crippen molar-refractivity contribution in [1.82, 2.24) is 20.5 Å². The van der Waals surface area contributed by atoms with Crippen LogP contribution in [0.3, 0.4) is 0 Å². The van der Waals surface area contributed by atoms with Crippen molar-refractivity contribution in [3.63, 3.8) is 0 Å². The summed E-state index contributed by atoms with van der Waals surface area (Å²) in [6, 6.07) is 0.384. The molecule has 0 saturated heterocycles. The second kappa shape index (κ2) is 5.66. The van der Waals surface area contributed by atoms with Crippen molar-refractivity contribution in [2.75, 3.05) is 13.7 Å². The third-order valence-corrected chi connectivity index (χ3v) is 1.88. The molecule has 0 bridgehead atoms. The first-order chi connectivity index (χ1) is 6.36. The van der Waals surface area contributed by atoms with Crippen molar-refractivity contribution in [1.29, 1.82) is 0 Å². The van der Waals surface area contributed by atoms with Crippen molar-refractivity contribution < 1.29 is 4.74 Å². The van der Waals surface area contributed by atoms with E-state index in [1.165, 1.54) is 6.33 Å². The molecule has 74 valence electrons. The van der Waals surface area contributed by atoms with E-state index >= 15 is 0 Å². The molecule has 13 heavy (non-hydrogen) atoms. The maximum atomic E-state index is 5.06. The average Bonchev–Trinajstić information content (AvgIpc) is 2.64. The average molecular weight is 184 g/mol. The van der Waals surface area contributed by atoms with E-state index in [2.05, 4.69) is 27.4 Å². The van der Waals surface area contributed by atoms with Crippen LogP contribution < -0.4 is 5.32 Å². The number of hydrogen-bond acceptors (Lipinski definition) is 4. The molecule has 0 amide bonds. The third-order valence-electron chi connectivity index (χ3n) is 1.88. The predicted octanol–water partition coefficient (Wildman–Crippen LogP) is 0.319. The van der Waals surface area contributed by atoms with Gasteiger partial charge in [0, 0.05) is 13.2 Å². The van der Waals surface area contributed by atoms with Gasteiger partial charge >= 0.3 is 0 Å². The highest BCUT2D eigenvalue weighted by molar-refractivity contribution is 4.80. The minimum Gasteiger partial charge on any atom is -0.383 e. The number of methoxy groups -OCH3 is 1. The minimum absolute atomic E-state index is 0.384. The predicted molar refractivity (Wildman–Crippen MR) is 49.2 cm³/mol. The van der Waals surface area contributed by atoms with E-state index < -0.39 is 0 Å². The number of nitrogens with zero attached hydrogens (tertiary/aromatic N) is 2. The van der Waals surface area contributed by atoms with Crippen molar-refractivity contribution in [3.05, 3.63) is 12.2 Å². The van der Waals surface area contributed by atoms with E-state index in [1.54, 1.807) is 7.11 Å². The lowest BCUT2D eigenvalue weighted by Gasteiger charge is -2.14. The van der Waals surface area contributed by atoms with Crippen molar-refractivity contribution >= 4 is 0 Å². The fourth-order valence-electron chi connectivity index (χ4n) is 1.08. The van der Waals surface area contributed by atoms with Gasteiger partial charge < -0.3 is 10.1 Å².